The summed E-state index contributed by atoms with van der Waals surface area (Å²) >= 11 is 2.41. The molecule has 0 spiro atoms. The van der Waals surface area contributed by atoms with Gasteiger partial charge in [0.15, 0.2) is 10.3 Å². The molecule has 0 unspecified atom stereocenters. The zero-order valence-corrected chi connectivity index (χ0v) is 12.7. The molecule has 104 valence electrons. The van der Waals surface area contributed by atoms with Crippen LogP contribution in [0.25, 0.3) is 53.9 Å². The fourth-order valence-corrected chi connectivity index (χ4v) is 5.71. The van der Waals surface area contributed by atoms with Crippen molar-refractivity contribution in [2.45, 2.75) is 0 Å². The lowest BCUT2D eigenvalue weighted by atomic mass is 9.98. The van der Waals surface area contributed by atoms with Crippen LogP contribution in [0.4, 0.5) is 8.78 Å². The number of halogens is 2. The van der Waals surface area contributed by atoms with Crippen molar-refractivity contribution in [3.63, 3.8) is 0 Å². The number of hydrogen-bond acceptors (Lipinski definition) is 2. The molecule has 0 amide bonds. The van der Waals surface area contributed by atoms with E-state index in [2.05, 4.69) is 24.3 Å². The Hall–Kier alpha value is -2.04. The third-order valence-electron chi connectivity index (χ3n) is 4.63. The van der Waals surface area contributed by atoms with Crippen molar-refractivity contribution in [2.24, 2.45) is 0 Å². The Bertz CT molecular complexity index is 975. The first kappa shape index (κ1) is 11.5. The molecule has 4 heteroatoms. The molecule has 0 radical (unpaired) electrons. The van der Waals surface area contributed by atoms with Crippen LogP contribution in [0.5, 0.6) is 0 Å². The highest BCUT2D eigenvalue weighted by Crippen LogP contribution is 2.58. The molecule has 0 saturated heterocycles. The van der Waals surface area contributed by atoms with Crippen molar-refractivity contribution >= 4 is 33.4 Å². The van der Waals surface area contributed by atoms with Crippen molar-refractivity contribution in [1.82, 2.24) is 0 Å². The van der Waals surface area contributed by atoms with Gasteiger partial charge in [0, 0.05) is 32.0 Å². The normalized spacial score (nSPS) is 13.0. The quantitative estimate of drug-likeness (QED) is 0.298. The minimum Gasteiger partial charge on any atom is -0.195 e. The maximum Gasteiger partial charge on any atom is 0.177 e. The predicted octanol–water partition coefficient (Wildman–Crippen LogP) is 6.54. The van der Waals surface area contributed by atoms with Gasteiger partial charge >= 0.3 is 0 Å². The van der Waals surface area contributed by atoms with Crippen molar-refractivity contribution in [3.8, 4) is 43.1 Å². The first-order chi connectivity index (χ1) is 10.7. The van der Waals surface area contributed by atoms with Crippen molar-refractivity contribution in [1.29, 1.82) is 0 Å². The van der Waals surface area contributed by atoms with Gasteiger partial charge in [-0.15, -0.1) is 22.7 Å². The second-order valence-electron chi connectivity index (χ2n) is 5.66. The van der Waals surface area contributed by atoms with E-state index in [1.807, 2.05) is 0 Å². The maximum atomic E-state index is 13.6. The summed E-state index contributed by atoms with van der Waals surface area (Å²) in [4.78, 5) is 2.02. The number of fused-ring (bicyclic) bond motifs is 6. The third kappa shape index (κ3) is 1.12. The molecule has 22 heavy (non-hydrogen) atoms. The zero-order valence-electron chi connectivity index (χ0n) is 11.0. The summed E-state index contributed by atoms with van der Waals surface area (Å²) in [7, 11) is 0. The average Bonchev–Trinajstić information content (AvgIpc) is 3.19. The SMILES string of the molecule is Fc1cc2c(s1)-c1ccc3c4c(ccc-2c14)-c1sc(F)cc1-3. The van der Waals surface area contributed by atoms with E-state index in [1.54, 1.807) is 12.1 Å². The molecule has 2 aromatic heterocycles. The highest BCUT2D eigenvalue weighted by molar-refractivity contribution is 7.15. The van der Waals surface area contributed by atoms with Crippen LogP contribution >= 0.6 is 22.7 Å². The van der Waals surface area contributed by atoms with Crippen LogP contribution in [-0.2, 0) is 0 Å². The molecular weight excluding hydrogens is 318 g/mol. The first-order valence-electron chi connectivity index (χ1n) is 6.92. The van der Waals surface area contributed by atoms with Gasteiger partial charge < -0.3 is 0 Å². The smallest absolute Gasteiger partial charge is 0.177 e. The fraction of sp³-hybridized carbons (Fsp3) is 0. The number of rotatable bonds is 0. The van der Waals surface area contributed by atoms with Gasteiger partial charge in [-0.2, -0.15) is 8.78 Å². The second kappa shape index (κ2) is 3.47. The third-order valence-corrected chi connectivity index (χ3v) is 6.55. The topological polar surface area (TPSA) is 0 Å². The Balaban J connectivity index is 1.84. The van der Waals surface area contributed by atoms with E-state index < -0.39 is 0 Å². The Morgan fingerprint density at radius 1 is 0.545 bits per heavy atom. The molecule has 0 nitrogen and oxygen atoms in total. The fourth-order valence-electron chi connectivity index (χ4n) is 3.85. The van der Waals surface area contributed by atoms with Gasteiger partial charge in [-0.1, -0.05) is 24.3 Å². The molecule has 2 aromatic carbocycles. The standard InChI is InChI=1S/C18H6F2S2/c19-13-5-11-7-1-3-9-16-8(12-6-14(20)21-17(9)12)2-4-10(15(7)16)18(11)22-13/h1-6H. The highest BCUT2D eigenvalue weighted by atomic mass is 32.1. The van der Waals surface area contributed by atoms with E-state index in [4.69, 9.17) is 0 Å². The molecule has 6 rings (SSSR count). The lowest BCUT2D eigenvalue weighted by molar-refractivity contribution is 0.657. The van der Waals surface area contributed by atoms with Gasteiger partial charge in [0.05, 0.1) is 0 Å². The van der Waals surface area contributed by atoms with Crippen LogP contribution in [-0.4, -0.2) is 0 Å². The summed E-state index contributed by atoms with van der Waals surface area (Å²) in [5.74, 6) is 0. The first-order valence-corrected chi connectivity index (χ1v) is 8.55. The van der Waals surface area contributed by atoms with Crippen LogP contribution in [0.2, 0.25) is 0 Å². The summed E-state index contributed by atoms with van der Waals surface area (Å²) in [5.41, 5.74) is 6.39. The average molecular weight is 324 g/mol. The minimum absolute atomic E-state index is 0.145. The molecule has 0 aliphatic heterocycles. The monoisotopic (exact) mass is 324 g/mol. The lowest BCUT2D eigenvalue weighted by Gasteiger charge is -2.06. The largest absolute Gasteiger partial charge is 0.195 e. The number of hydrogen-bond donors (Lipinski definition) is 0. The van der Waals surface area contributed by atoms with Crippen LogP contribution in [0.3, 0.4) is 0 Å². The van der Waals surface area contributed by atoms with E-state index in [9.17, 15) is 8.78 Å². The van der Waals surface area contributed by atoms with Crippen LogP contribution < -0.4 is 0 Å². The van der Waals surface area contributed by atoms with E-state index in [0.29, 0.717) is 0 Å². The van der Waals surface area contributed by atoms with Crippen LogP contribution in [0, 0.1) is 10.3 Å². The molecule has 0 bridgehead atoms. The highest BCUT2D eigenvalue weighted by Gasteiger charge is 2.31. The Morgan fingerprint density at radius 3 is 1.41 bits per heavy atom. The van der Waals surface area contributed by atoms with E-state index >= 15 is 0 Å². The molecular formula is C18H6F2S2. The lowest BCUT2D eigenvalue weighted by Crippen LogP contribution is -1.79. The Morgan fingerprint density at radius 2 is 0.955 bits per heavy atom. The summed E-state index contributed by atoms with van der Waals surface area (Å²) in [6.07, 6.45) is 0. The maximum absolute atomic E-state index is 13.6. The Kier molecular flexibility index (Phi) is 1.82. The second-order valence-corrected chi connectivity index (χ2v) is 7.66. The molecule has 2 heterocycles. The molecule has 0 N–H and O–H groups in total. The summed E-state index contributed by atoms with van der Waals surface area (Å²) in [6.45, 7) is 0. The van der Waals surface area contributed by atoms with Crippen LogP contribution in [0.1, 0.15) is 0 Å². The van der Waals surface area contributed by atoms with E-state index in [-0.39, 0.29) is 10.3 Å². The molecule has 2 aliphatic rings. The molecule has 4 aromatic rings. The van der Waals surface area contributed by atoms with Gasteiger partial charge in [-0.25, -0.2) is 0 Å². The van der Waals surface area contributed by atoms with E-state index in [1.165, 1.54) is 33.4 Å². The van der Waals surface area contributed by atoms with Gasteiger partial charge in [-0.3, -0.25) is 0 Å². The molecule has 2 aliphatic carbocycles. The van der Waals surface area contributed by atoms with E-state index in [0.717, 1.165) is 43.1 Å². The number of benzene rings is 2. The molecule has 0 atom stereocenters. The van der Waals surface area contributed by atoms with Gasteiger partial charge in [0.25, 0.3) is 0 Å². The van der Waals surface area contributed by atoms with Crippen LogP contribution in [0.15, 0.2) is 36.4 Å². The van der Waals surface area contributed by atoms with Gasteiger partial charge in [0.2, 0.25) is 0 Å². The van der Waals surface area contributed by atoms with Gasteiger partial charge in [0.1, 0.15) is 0 Å². The summed E-state index contributed by atoms with van der Waals surface area (Å²) in [6, 6.07) is 11.5. The van der Waals surface area contributed by atoms with Gasteiger partial charge in [-0.05, 0) is 34.0 Å². The van der Waals surface area contributed by atoms with Crippen molar-refractivity contribution in [3.05, 3.63) is 46.7 Å². The number of thiophene rings is 2. The summed E-state index contributed by atoms with van der Waals surface area (Å²) in [5, 5.41) is 2.10. The Labute approximate surface area is 132 Å². The molecule has 0 fully saturated rings. The predicted molar refractivity (Wildman–Crippen MR) is 88.5 cm³/mol. The summed E-state index contributed by atoms with van der Waals surface area (Å²) < 4.78 is 27.3. The minimum atomic E-state index is -0.145. The van der Waals surface area contributed by atoms with Crippen molar-refractivity contribution < 1.29 is 8.78 Å². The van der Waals surface area contributed by atoms with Crippen molar-refractivity contribution in [2.75, 3.05) is 0 Å². The zero-order chi connectivity index (χ0) is 14.6. The molecule has 0 saturated carbocycles.